The number of carbonyl (C=O) groups is 1. The van der Waals surface area contributed by atoms with Gasteiger partial charge in [0.1, 0.15) is 0 Å². The van der Waals surface area contributed by atoms with Crippen LogP contribution in [0.5, 0.6) is 0 Å². The highest BCUT2D eigenvalue weighted by atomic mass is 32.2. The van der Waals surface area contributed by atoms with Crippen LogP contribution < -0.4 is 5.32 Å². The number of amides is 1. The summed E-state index contributed by atoms with van der Waals surface area (Å²) in [7, 11) is -3.22. The van der Waals surface area contributed by atoms with Crippen molar-refractivity contribution in [1.29, 1.82) is 0 Å². The number of nitrogens with zero attached hydrogens (tertiary/aromatic N) is 1. The van der Waals surface area contributed by atoms with Gasteiger partial charge in [0.05, 0.1) is 17.0 Å². The monoisotopic (exact) mass is 318 g/mol. The number of nitrogens with one attached hydrogen (secondary N) is 1. The van der Waals surface area contributed by atoms with Crippen LogP contribution in [0.15, 0.2) is 0 Å². The molecule has 1 N–H and O–H groups in total. The zero-order chi connectivity index (χ0) is 16.6. The molecule has 1 fully saturated rings. The molecule has 124 valence electrons. The van der Waals surface area contributed by atoms with Gasteiger partial charge in [-0.2, -0.15) is 0 Å². The second-order valence-electron chi connectivity index (χ2n) is 7.53. The first-order chi connectivity index (χ1) is 9.36. The molecule has 1 aliphatic heterocycles. The molecule has 0 aromatic heterocycles. The van der Waals surface area contributed by atoms with Crippen molar-refractivity contribution in [3.05, 3.63) is 0 Å². The van der Waals surface area contributed by atoms with E-state index in [-0.39, 0.29) is 30.6 Å². The van der Waals surface area contributed by atoms with Crippen LogP contribution in [-0.4, -0.2) is 49.0 Å². The van der Waals surface area contributed by atoms with Gasteiger partial charge in [-0.15, -0.1) is 0 Å². The SMILES string of the molecule is CC(C)CC1NC(C(C)C)C(=O)N1CC(C)(C)S(C)(=O)=O. The van der Waals surface area contributed by atoms with Gasteiger partial charge < -0.3 is 4.90 Å². The average molecular weight is 318 g/mol. The summed E-state index contributed by atoms with van der Waals surface area (Å²) in [4.78, 5) is 14.3. The molecule has 0 saturated carbocycles. The minimum atomic E-state index is -3.22. The van der Waals surface area contributed by atoms with E-state index >= 15 is 0 Å². The Morgan fingerprint density at radius 2 is 1.76 bits per heavy atom. The van der Waals surface area contributed by atoms with E-state index in [1.54, 1.807) is 18.7 Å². The van der Waals surface area contributed by atoms with Crippen LogP contribution in [0.1, 0.15) is 48.0 Å². The van der Waals surface area contributed by atoms with Crippen LogP contribution in [0.4, 0.5) is 0 Å². The van der Waals surface area contributed by atoms with Crippen LogP contribution >= 0.6 is 0 Å². The van der Waals surface area contributed by atoms with E-state index in [1.165, 1.54) is 6.26 Å². The summed E-state index contributed by atoms with van der Waals surface area (Å²) in [6, 6.07) is -0.218. The summed E-state index contributed by atoms with van der Waals surface area (Å²) < 4.78 is 22.9. The summed E-state index contributed by atoms with van der Waals surface area (Å²) in [5.74, 6) is 0.649. The smallest absolute Gasteiger partial charge is 0.241 e. The molecule has 2 unspecified atom stereocenters. The molecular formula is C15H30N2O3S. The number of sulfone groups is 1. The molecule has 2 atom stereocenters. The van der Waals surface area contributed by atoms with Crippen molar-refractivity contribution in [2.24, 2.45) is 11.8 Å². The number of hydrogen-bond acceptors (Lipinski definition) is 4. The Balaban J connectivity index is 3.02. The van der Waals surface area contributed by atoms with Gasteiger partial charge in [-0.05, 0) is 32.1 Å². The van der Waals surface area contributed by atoms with Crippen molar-refractivity contribution in [2.45, 2.75) is 64.9 Å². The third kappa shape index (κ3) is 4.19. The lowest BCUT2D eigenvalue weighted by molar-refractivity contribution is -0.131. The quantitative estimate of drug-likeness (QED) is 0.808. The molecule has 0 aromatic carbocycles. The summed E-state index contributed by atoms with van der Waals surface area (Å²) >= 11 is 0. The lowest BCUT2D eigenvalue weighted by Crippen LogP contribution is -2.49. The predicted octanol–water partition coefficient (Wildman–Crippen LogP) is 1.64. The van der Waals surface area contributed by atoms with Gasteiger partial charge in [0, 0.05) is 12.8 Å². The van der Waals surface area contributed by atoms with Gasteiger partial charge in [0.25, 0.3) is 0 Å². The molecule has 1 amide bonds. The van der Waals surface area contributed by atoms with E-state index in [9.17, 15) is 13.2 Å². The van der Waals surface area contributed by atoms with Crippen LogP contribution in [0, 0.1) is 11.8 Å². The van der Waals surface area contributed by atoms with Crippen LogP contribution in [0.3, 0.4) is 0 Å². The van der Waals surface area contributed by atoms with Gasteiger partial charge in [-0.25, -0.2) is 8.42 Å². The number of rotatable bonds is 6. The van der Waals surface area contributed by atoms with Gasteiger partial charge in [-0.1, -0.05) is 27.7 Å². The fraction of sp³-hybridized carbons (Fsp3) is 0.933. The summed E-state index contributed by atoms with van der Waals surface area (Å²) in [5, 5.41) is 3.38. The third-order valence-corrected chi connectivity index (χ3v) is 6.35. The molecule has 0 radical (unpaired) electrons. The van der Waals surface area contributed by atoms with E-state index in [0.717, 1.165) is 6.42 Å². The van der Waals surface area contributed by atoms with Crippen molar-refractivity contribution in [1.82, 2.24) is 10.2 Å². The van der Waals surface area contributed by atoms with E-state index < -0.39 is 14.6 Å². The fourth-order valence-electron chi connectivity index (χ4n) is 2.54. The Labute approximate surface area is 129 Å². The van der Waals surface area contributed by atoms with E-state index in [1.807, 2.05) is 13.8 Å². The molecule has 0 aliphatic carbocycles. The van der Waals surface area contributed by atoms with Gasteiger partial charge in [0.2, 0.25) is 5.91 Å². The molecule has 1 heterocycles. The van der Waals surface area contributed by atoms with Gasteiger partial charge in [-0.3, -0.25) is 10.1 Å². The zero-order valence-electron chi connectivity index (χ0n) is 14.3. The largest absolute Gasteiger partial charge is 0.324 e. The standard InChI is InChI=1S/C15H30N2O3S/c1-10(2)8-12-16-13(11(3)4)14(18)17(12)9-15(5,6)21(7,19)20/h10-13,16H,8-9H2,1-7H3. The number of carbonyl (C=O) groups excluding carboxylic acids is 1. The lowest BCUT2D eigenvalue weighted by Gasteiger charge is -2.33. The maximum atomic E-state index is 12.6. The Morgan fingerprint density at radius 1 is 1.24 bits per heavy atom. The Hall–Kier alpha value is -0.620. The van der Waals surface area contributed by atoms with E-state index in [0.29, 0.717) is 5.92 Å². The molecule has 0 bridgehead atoms. The highest BCUT2D eigenvalue weighted by Gasteiger charge is 2.44. The average Bonchev–Trinajstić information content (AvgIpc) is 2.55. The second kappa shape index (κ2) is 6.24. The summed E-state index contributed by atoms with van der Waals surface area (Å²) in [6.07, 6.45) is 1.98. The normalized spacial score (nSPS) is 24.4. The Morgan fingerprint density at radius 3 is 2.14 bits per heavy atom. The van der Waals surface area contributed by atoms with E-state index in [2.05, 4.69) is 19.2 Å². The molecule has 0 aromatic rings. The van der Waals surface area contributed by atoms with Gasteiger partial charge >= 0.3 is 0 Å². The molecule has 1 saturated heterocycles. The highest BCUT2D eigenvalue weighted by molar-refractivity contribution is 7.92. The van der Waals surface area contributed by atoms with Crippen molar-refractivity contribution >= 4 is 15.7 Å². The maximum Gasteiger partial charge on any atom is 0.241 e. The van der Waals surface area contributed by atoms with Crippen LogP contribution in [0.25, 0.3) is 0 Å². The van der Waals surface area contributed by atoms with Crippen LogP contribution in [-0.2, 0) is 14.6 Å². The molecule has 5 nitrogen and oxygen atoms in total. The summed E-state index contributed by atoms with van der Waals surface area (Å²) in [5.41, 5.74) is 0. The van der Waals surface area contributed by atoms with E-state index in [4.69, 9.17) is 0 Å². The maximum absolute atomic E-state index is 12.6. The second-order valence-corrected chi connectivity index (χ2v) is 10.2. The Bertz CT molecular complexity index is 483. The van der Waals surface area contributed by atoms with Crippen LogP contribution in [0.2, 0.25) is 0 Å². The predicted molar refractivity (Wildman–Crippen MR) is 85.6 cm³/mol. The molecule has 1 rings (SSSR count). The lowest BCUT2D eigenvalue weighted by atomic mass is 10.0. The molecular weight excluding hydrogens is 288 g/mol. The molecule has 6 heteroatoms. The number of hydrogen-bond donors (Lipinski definition) is 1. The Kier molecular flexibility index (Phi) is 5.48. The highest BCUT2D eigenvalue weighted by Crippen LogP contribution is 2.26. The third-order valence-electron chi connectivity index (χ3n) is 4.21. The minimum absolute atomic E-state index is 0.0207. The van der Waals surface area contributed by atoms with Gasteiger partial charge in [0.15, 0.2) is 9.84 Å². The van der Waals surface area contributed by atoms with Crippen molar-refractivity contribution < 1.29 is 13.2 Å². The first-order valence-electron chi connectivity index (χ1n) is 7.63. The van der Waals surface area contributed by atoms with Crippen molar-refractivity contribution in [3.8, 4) is 0 Å². The minimum Gasteiger partial charge on any atom is -0.324 e. The summed E-state index contributed by atoms with van der Waals surface area (Å²) in [6.45, 7) is 11.8. The zero-order valence-corrected chi connectivity index (χ0v) is 15.1. The van der Waals surface area contributed by atoms with Crippen molar-refractivity contribution in [3.63, 3.8) is 0 Å². The molecule has 21 heavy (non-hydrogen) atoms. The van der Waals surface area contributed by atoms with Crippen molar-refractivity contribution in [2.75, 3.05) is 12.8 Å². The molecule has 1 aliphatic rings. The fourth-order valence-corrected chi connectivity index (χ4v) is 2.91. The first-order valence-corrected chi connectivity index (χ1v) is 9.52. The topological polar surface area (TPSA) is 66.5 Å². The first kappa shape index (κ1) is 18.4. The molecule has 0 spiro atoms.